The smallest absolute Gasteiger partial charge is 0.293 e. The Morgan fingerprint density at radius 2 is 2.04 bits per heavy atom. The third kappa shape index (κ3) is 4.40. The van der Waals surface area contributed by atoms with E-state index in [1.165, 1.54) is 13.2 Å². The normalized spacial score (nSPS) is 11.4. The van der Waals surface area contributed by atoms with Crippen LogP contribution in [0.5, 0.6) is 5.75 Å². The zero-order chi connectivity index (χ0) is 17.5. The summed E-state index contributed by atoms with van der Waals surface area (Å²) in [6.45, 7) is -0.640. The van der Waals surface area contributed by atoms with Crippen LogP contribution in [0, 0.1) is 0 Å². The molecule has 126 valence electrons. The molecule has 2 amide bonds. The SMILES string of the molecule is COc1cccc(NC(=O)C(CO)NC(=O)C(=O)c2cccs2)c1. The highest BCUT2D eigenvalue weighted by atomic mass is 32.1. The Morgan fingerprint density at radius 1 is 1.25 bits per heavy atom. The molecule has 0 aliphatic carbocycles. The molecule has 0 bridgehead atoms. The lowest BCUT2D eigenvalue weighted by molar-refractivity contribution is -0.124. The number of aliphatic hydroxyl groups is 1. The summed E-state index contributed by atoms with van der Waals surface area (Å²) < 4.78 is 5.05. The monoisotopic (exact) mass is 348 g/mol. The summed E-state index contributed by atoms with van der Waals surface area (Å²) in [6.07, 6.45) is 0. The van der Waals surface area contributed by atoms with Crippen molar-refractivity contribution in [3.05, 3.63) is 46.7 Å². The van der Waals surface area contributed by atoms with Crippen molar-refractivity contribution < 1.29 is 24.2 Å². The Morgan fingerprint density at radius 3 is 2.67 bits per heavy atom. The van der Waals surface area contributed by atoms with E-state index < -0.39 is 30.2 Å². The number of methoxy groups -OCH3 is 1. The van der Waals surface area contributed by atoms with Crippen LogP contribution in [0.4, 0.5) is 5.69 Å². The van der Waals surface area contributed by atoms with Gasteiger partial charge in [0.15, 0.2) is 0 Å². The number of ether oxygens (including phenoxy) is 1. The van der Waals surface area contributed by atoms with Crippen molar-refractivity contribution in [3.8, 4) is 5.75 Å². The number of rotatable bonds is 7. The molecule has 0 saturated heterocycles. The van der Waals surface area contributed by atoms with Gasteiger partial charge in [0.2, 0.25) is 5.91 Å². The molecule has 0 aliphatic heterocycles. The lowest BCUT2D eigenvalue weighted by Crippen LogP contribution is -2.48. The molecule has 24 heavy (non-hydrogen) atoms. The number of anilines is 1. The van der Waals surface area contributed by atoms with Gasteiger partial charge < -0.3 is 20.5 Å². The Bertz CT molecular complexity index is 730. The Kier molecular flexibility index (Phi) is 6.05. The standard InChI is InChI=1S/C16H16N2O5S/c1-23-11-5-2-4-10(8-11)17-15(21)12(9-19)18-16(22)14(20)13-6-3-7-24-13/h2-8,12,19H,9H2,1H3,(H,17,21)(H,18,22). The number of benzene rings is 1. The topological polar surface area (TPSA) is 105 Å². The zero-order valence-electron chi connectivity index (χ0n) is 12.8. The van der Waals surface area contributed by atoms with E-state index in [4.69, 9.17) is 4.74 Å². The molecule has 3 N–H and O–H groups in total. The fourth-order valence-electron chi connectivity index (χ4n) is 1.87. The van der Waals surface area contributed by atoms with Crippen LogP contribution in [-0.2, 0) is 9.59 Å². The number of carbonyl (C=O) groups is 3. The number of amides is 2. The second-order valence-electron chi connectivity index (χ2n) is 4.74. The van der Waals surface area contributed by atoms with Crippen LogP contribution < -0.4 is 15.4 Å². The molecule has 1 aromatic carbocycles. The summed E-state index contributed by atoms with van der Waals surface area (Å²) in [5.74, 6) is -1.79. The van der Waals surface area contributed by atoms with Crippen LogP contribution in [0.1, 0.15) is 9.67 Å². The first-order chi connectivity index (χ1) is 11.5. The van der Waals surface area contributed by atoms with Gasteiger partial charge in [-0.3, -0.25) is 14.4 Å². The summed E-state index contributed by atoms with van der Waals surface area (Å²) >= 11 is 1.12. The summed E-state index contributed by atoms with van der Waals surface area (Å²) in [6, 6.07) is 8.52. The lowest BCUT2D eigenvalue weighted by Gasteiger charge is -2.16. The van der Waals surface area contributed by atoms with E-state index in [1.807, 2.05) is 0 Å². The number of aliphatic hydroxyl groups excluding tert-OH is 1. The van der Waals surface area contributed by atoms with E-state index in [9.17, 15) is 19.5 Å². The second-order valence-corrected chi connectivity index (χ2v) is 5.68. The van der Waals surface area contributed by atoms with E-state index in [-0.39, 0.29) is 4.88 Å². The maximum atomic E-state index is 12.2. The summed E-state index contributed by atoms with van der Waals surface area (Å²) in [5.41, 5.74) is 0.441. The van der Waals surface area contributed by atoms with E-state index >= 15 is 0 Å². The van der Waals surface area contributed by atoms with Crippen LogP contribution in [0.15, 0.2) is 41.8 Å². The molecular formula is C16H16N2O5S. The Labute approximate surface area is 142 Å². The minimum absolute atomic E-state index is 0.261. The molecule has 8 heteroatoms. The van der Waals surface area contributed by atoms with E-state index in [1.54, 1.807) is 35.7 Å². The molecule has 2 rings (SSSR count). The molecular weight excluding hydrogens is 332 g/mol. The van der Waals surface area contributed by atoms with Gasteiger partial charge in [0, 0.05) is 11.8 Å². The van der Waals surface area contributed by atoms with Gasteiger partial charge in [0.05, 0.1) is 18.6 Å². The van der Waals surface area contributed by atoms with Crippen LogP contribution in [0.3, 0.4) is 0 Å². The average Bonchev–Trinajstić information content (AvgIpc) is 3.13. The van der Waals surface area contributed by atoms with Crippen LogP contribution in [0.25, 0.3) is 0 Å². The van der Waals surface area contributed by atoms with Crippen molar-refractivity contribution >= 4 is 34.6 Å². The number of thiophene rings is 1. The minimum Gasteiger partial charge on any atom is -0.497 e. The maximum absolute atomic E-state index is 12.2. The third-order valence-corrected chi connectivity index (χ3v) is 3.96. The highest BCUT2D eigenvalue weighted by Gasteiger charge is 2.25. The molecule has 0 aliphatic rings. The zero-order valence-corrected chi connectivity index (χ0v) is 13.6. The van der Waals surface area contributed by atoms with Crippen molar-refractivity contribution in [2.75, 3.05) is 19.0 Å². The van der Waals surface area contributed by atoms with Crippen molar-refractivity contribution in [1.82, 2.24) is 5.32 Å². The molecule has 1 aromatic heterocycles. The molecule has 1 heterocycles. The van der Waals surface area contributed by atoms with Gasteiger partial charge in [-0.1, -0.05) is 12.1 Å². The molecule has 1 unspecified atom stereocenters. The maximum Gasteiger partial charge on any atom is 0.293 e. The Hall–Kier alpha value is -2.71. The predicted molar refractivity (Wildman–Crippen MR) is 89.3 cm³/mol. The molecule has 0 spiro atoms. The summed E-state index contributed by atoms with van der Waals surface area (Å²) in [4.78, 5) is 36.2. The molecule has 0 fully saturated rings. The second kappa shape index (κ2) is 8.23. The minimum atomic E-state index is -1.24. The number of hydrogen-bond donors (Lipinski definition) is 3. The van der Waals surface area contributed by atoms with Crippen molar-refractivity contribution in [1.29, 1.82) is 0 Å². The Balaban J connectivity index is 2.00. The molecule has 0 saturated carbocycles. The molecule has 2 aromatic rings. The quantitative estimate of drug-likeness (QED) is 0.512. The van der Waals surface area contributed by atoms with Crippen LogP contribution in [0.2, 0.25) is 0 Å². The molecule has 0 radical (unpaired) electrons. The number of carbonyl (C=O) groups excluding carboxylic acids is 3. The van der Waals surface area contributed by atoms with Crippen LogP contribution >= 0.6 is 11.3 Å². The lowest BCUT2D eigenvalue weighted by atomic mass is 10.2. The largest absolute Gasteiger partial charge is 0.497 e. The highest BCUT2D eigenvalue weighted by Crippen LogP contribution is 2.16. The first-order valence-corrected chi connectivity index (χ1v) is 7.87. The number of Topliss-reactive ketones (excluding diaryl/α,β-unsaturated/α-hetero) is 1. The number of ketones is 1. The summed E-state index contributed by atoms with van der Waals surface area (Å²) in [5, 5.41) is 15.8. The van der Waals surface area contributed by atoms with E-state index in [2.05, 4.69) is 10.6 Å². The van der Waals surface area contributed by atoms with Crippen LogP contribution in [-0.4, -0.2) is 42.5 Å². The highest BCUT2D eigenvalue weighted by molar-refractivity contribution is 7.13. The predicted octanol–water partition coefficient (Wildman–Crippen LogP) is 1.06. The number of hydrogen-bond acceptors (Lipinski definition) is 6. The van der Waals surface area contributed by atoms with Crippen molar-refractivity contribution in [2.24, 2.45) is 0 Å². The fraction of sp³-hybridized carbons (Fsp3) is 0.188. The van der Waals surface area contributed by atoms with Gasteiger partial charge in [-0.25, -0.2) is 0 Å². The fourth-order valence-corrected chi connectivity index (χ4v) is 2.53. The van der Waals surface area contributed by atoms with Gasteiger partial charge in [0.25, 0.3) is 11.7 Å². The van der Waals surface area contributed by atoms with Gasteiger partial charge in [0.1, 0.15) is 11.8 Å². The van der Waals surface area contributed by atoms with Gasteiger partial charge >= 0.3 is 0 Å². The summed E-state index contributed by atoms with van der Waals surface area (Å²) in [7, 11) is 1.49. The average molecular weight is 348 g/mol. The molecule has 7 nitrogen and oxygen atoms in total. The van der Waals surface area contributed by atoms with Gasteiger partial charge in [-0.15, -0.1) is 11.3 Å². The third-order valence-electron chi connectivity index (χ3n) is 3.09. The van der Waals surface area contributed by atoms with Gasteiger partial charge in [-0.2, -0.15) is 0 Å². The van der Waals surface area contributed by atoms with Crippen molar-refractivity contribution in [2.45, 2.75) is 6.04 Å². The first kappa shape index (κ1) is 17.6. The van der Waals surface area contributed by atoms with E-state index in [0.717, 1.165) is 11.3 Å². The van der Waals surface area contributed by atoms with E-state index in [0.29, 0.717) is 11.4 Å². The van der Waals surface area contributed by atoms with Gasteiger partial charge in [-0.05, 0) is 23.6 Å². The first-order valence-electron chi connectivity index (χ1n) is 6.99. The molecule has 1 atom stereocenters. The number of nitrogens with one attached hydrogen (secondary N) is 2. The van der Waals surface area contributed by atoms with Crippen molar-refractivity contribution in [3.63, 3.8) is 0 Å².